The SMILES string of the molecule is CN(C)CCN(C)C(=O)c1cccc([N+](=O)[O-])c1Br. The van der Waals surface area contributed by atoms with E-state index >= 15 is 0 Å². The van der Waals surface area contributed by atoms with Crippen molar-refractivity contribution in [2.24, 2.45) is 0 Å². The summed E-state index contributed by atoms with van der Waals surface area (Å²) in [5.41, 5.74) is 0.197. The molecule has 1 rings (SSSR count). The number of nitrogens with zero attached hydrogens (tertiary/aromatic N) is 3. The smallest absolute Gasteiger partial charge is 0.284 e. The molecule has 0 fully saturated rings. The van der Waals surface area contributed by atoms with E-state index in [1.54, 1.807) is 18.0 Å². The van der Waals surface area contributed by atoms with Gasteiger partial charge in [-0.05, 0) is 36.1 Å². The lowest BCUT2D eigenvalue weighted by Gasteiger charge is -2.20. The topological polar surface area (TPSA) is 66.7 Å². The Morgan fingerprint density at radius 3 is 2.47 bits per heavy atom. The molecular formula is C12H16BrN3O3. The van der Waals surface area contributed by atoms with Crippen molar-refractivity contribution in [3.05, 3.63) is 38.3 Å². The molecular weight excluding hydrogens is 314 g/mol. The number of nitro groups is 1. The van der Waals surface area contributed by atoms with E-state index in [0.717, 1.165) is 6.54 Å². The maximum absolute atomic E-state index is 12.2. The van der Waals surface area contributed by atoms with Crippen LogP contribution in [-0.4, -0.2) is 54.9 Å². The number of carbonyl (C=O) groups is 1. The highest BCUT2D eigenvalue weighted by Crippen LogP contribution is 2.28. The van der Waals surface area contributed by atoms with E-state index in [4.69, 9.17) is 0 Å². The summed E-state index contributed by atoms with van der Waals surface area (Å²) in [5, 5.41) is 10.8. The Morgan fingerprint density at radius 1 is 1.32 bits per heavy atom. The fourth-order valence-corrected chi connectivity index (χ4v) is 2.06. The van der Waals surface area contributed by atoms with Crippen molar-refractivity contribution in [2.75, 3.05) is 34.2 Å². The molecule has 1 aromatic carbocycles. The molecule has 0 atom stereocenters. The molecule has 0 heterocycles. The number of nitro benzene ring substituents is 1. The molecule has 0 saturated heterocycles. The van der Waals surface area contributed by atoms with Crippen molar-refractivity contribution < 1.29 is 9.72 Å². The van der Waals surface area contributed by atoms with Gasteiger partial charge in [0, 0.05) is 26.2 Å². The zero-order chi connectivity index (χ0) is 14.6. The molecule has 0 saturated carbocycles. The van der Waals surface area contributed by atoms with Crippen molar-refractivity contribution in [3.63, 3.8) is 0 Å². The first-order chi connectivity index (χ1) is 8.84. The molecule has 6 nitrogen and oxygen atoms in total. The molecule has 7 heteroatoms. The third kappa shape index (κ3) is 4.00. The highest BCUT2D eigenvalue weighted by Gasteiger charge is 2.21. The van der Waals surface area contributed by atoms with Gasteiger partial charge in [-0.3, -0.25) is 14.9 Å². The van der Waals surface area contributed by atoms with Crippen LogP contribution in [0.15, 0.2) is 22.7 Å². The molecule has 0 radical (unpaired) electrons. The van der Waals surface area contributed by atoms with Crippen LogP contribution < -0.4 is 0 Å². The van der Waals surface area contributed by atoms with Gasteiger partial charge in [0.2, 0.25) is 0 Å². The Bertz CT molecular complexity index is 491. The summed E-state index contributed by atoms with van der Waals surface area (Å²) in [6.07, 6.45) is 0. The minimum atomic E-state index is -0.513. The van der Waals surface area contributed by atoms with Gasteiger partial charge in [-0.25, -0.2) is 0 Å². The number of carbonyl (C=O) groups excluding carboxylic acids is 1. The number of likely N-dealkylation sites (N-methyl/N-ethyl adjacent to an activating group) is 2. The van der Waals surface area contributed by atoms with Crippen molar-refractivity contribution in [3.8, 4) is 0 Å². The van der Waals surface area contributed by atoms with Crippen LogP contribution in [0.1, 0.15) is 10.4 Å². The highest BCUT2D eigenvalue weighted by molar-refractivity contribution is 9.10. The monoisotopic (exact) mass is 329 g/mol. The Kier molecular flexibility index (Phi) is 5.44. The van der Waals surface area contributed by atoms with Gasteiger partial charge < -0.3 is 9.80 Å². The molecule has 0 aliphatic carbocycles. The molecule has 19 heavy (non-hydrogen) atoms. The first-order valence-electron chi connectivity index (χ1n) is 5.67. The molecule has 0 bridgehead atoms. The van der Waals surface area contributed by atoms with Gasteiger partial charge in [0.25, 0.3) is 11.6 Å². The van der Waals surface area contributed by atoms with Crippen LogP contribution >= 0.6 is 15.9 Å². The van der Waals surface area contributed by atoms with E-state index in [1.807, 2.05) is 19.0 Å². The fraction of sp³-hybridized carbons (Fsp3) is 0.417. The molecule has 104 valence electrons. The van der Waals surface area contributed by atoms with Gasteiger partial charge in [-0.1, -0.05) is 6.07 Å². The first kappa shape index (κ1) is 15.6. The molecule has 0 aliphatic rings. The predicted octanol–water partition coefficient (Wildman–Crippen LogP) is 1.99. The Labute approximate surface area is 120 Å². The van der Waals surface area contributed by atoms with Crippen LogP contribution in [-0.2, 0) is 0 Å². The summed E-state index contributed by atoms with van der Waals surface area (Å²) in [7, 11) is 5.51. The van der Waals surface area contributed by atoms with E-state index in [0.29, 0.717) is 12.1 Å². The Hall–Kier alpha value is -1.47. The number of amides is 1. The molecule has 1 aromatic rings. The molecule has 0 N–H and O–H groups in total. The van der Waals surface area contributed by atoms with E-state index < -0.39 is 4.92 Å². The second-order valence-corrected chi connectivity index (χ2v) is 5.22. The fourth-order valence-electron chi connectivity index (χ4n) is 1.48. The number of hydrogen-bond donors (Lipinski definition) is 0. The minimum absolute atomic E-state index is 0.105. The van der Waals surface area contributed by atoms with Gasteiger partial charge in [0.15, 0.2) is 0 Å². The van der Waals surface area contributed by atoms with Gasteiger partial charge >= 0.3 is 0 Å². The van der Waals surface area contributed by atoms with E-state index in [2.05, 4.69) is 15.9 Å². The van der Waals surface area contributed by atoms with Crippen LogP contribution in [0.4, 0.5) is 5.69 Å². The number of hydrogen-bond acceptors (Lipinski definition) is 4. The van der Waals surface area contributed by atoms with Gasteiger partial charge in [-0.15, -0.1) is 0 Å². The summed E-state index contributed by atoms with van der Waals surface area (Å²) in [6, 6.07) is 4.45. The van der Waals surface area contributed by atoms with Crippen molar-refractivity contribution >= 4 is 27.5 Å². The second-order valence-electron chi connectivity index (χ2n) is 4.43. The van der Waals surface area contributed by atoms with Crippen LogP contribution in [0.5, 0.6) is 0 Å². The Morgan fingerprint density at radius 2 is 1.95 bits per heavy atom. The third-order valence-electron chi connectivity index (χ3n) is 2.63. The van der Waals surface area contributed by atoms with Crippen molar-refractivity contribution in [1.29, 1.82) is 0 Å². The van der Waals surface area contributed by atoms with Crippen molar-refractivity contribution in [2.45, 2.75) is 0 Å². The van der Waals surface area contributed by atoms with Crippen LogP contribution in [0.2, 0.25) is 0 Å². The van der Waals surface area contributed by atoms with Crippen LogP contribution in [0.25, 0.3) is 0 Å². The standard InChI is InChI=1S/C12H16BrN3O3/c1-14(2)7-8-15(3)12(17)9-5-4-6-10(11(9)13)16(18)19/h4-6H,7-8H2,1-3H3. The average Bonchev–Trinajstić information content (AvgIpc) is 2.34. The van der Waals surface area contributed by atoms with E-state index in [9.17, 15) is 14.9 Å². The van der Waals surface area contributed by atoms with Crippen LogP contribution in [0.3, 0.4) is 0 Å². The quantitative estimate of drug-likeness (QED) is 0.612. The molecule has 0 spiro atoms. The highest BCUT2D eigenvalue weighted by atomic mass is 79.9. The molecule has 0 unspecified atom stereocenters. The zero-order valence-corrected chi connectivity index (χ0v) is 12.7. The summed E-state index contributed by atoms with van der Waals surface area (Å²) in [5.74, 6) is -0.238. The largest absolute Gasteiger partial charge is 0.340 e. The van der Waals surface area contributed by atoms with E-state index in [-0.39, 0.29) is 16.1 Å². The maximum Gasteiger partial charge on any atom is 0.284 e. The van der Waals surface area contributed by atoms with E-state index in [1.165, 1.54) is 12.1 Å². The average molecular weight is 330 g/mol. The summed E-state index contributed by atoms with van der Waals surface area (Å²) < 4.78 is 0.224. The second kappa shape index (κ2) is 6.63. The summed E-state index contributed by atoms with van der Waals surface area (Å²) in [6.45, 7) is 1.29. The Balaban J connectivity index is 2.94. The summed E-state index contributed by atoms with van der Waals surface area (Å²) >= 11 is 3.13. The van der Waals surface area contributed by atoms with Gasteiger partial charge in [0.05, 0.1) is 10.5 Å². The zero-order valence-electron chi connectivity index (χ0n) is 11.1. The molecule has 0 aromatic heterocycles. The van der Waals surface area contributed by atoms with Gasteiger partial charge in [0.1, 0.15) is 4.47 Å². The van der Waals surface area contributed by atoms with Gasteiger partial charge in [-0.2, -0.15) is 0 Å². The lowest BCUT2D eigenvalue weighted by molar-refractivity contribution is -0.385. The van der Waals surface area contributed by atoms with Crippen molar-refractivity contribution in [1.82, 2.24) is 9.80 Å². The number of halogens is 1. The summed E-state index contributed by atoms with van der Waals surface area (Å²) in [4.78, 5) is 26.0. The van der Waals surface area contributed by atoms with Crippen LogP contribution in [0, 0.1) is 10.1 Å². The lowest BCUT2D eigenvalue weighted by atomic mass is 10.2. The normalized spacial score (nSPS) is 10.6. The number of rotatable bonds is 5. The molecule has 0 aliphatic heterocycles. The first-order valence-corrected chi connectivity index (χ1v) is 6.47. The third-order valence-corrected chi connectivity index (χ3v) is 3.47. The maximum atomic E-state index is 12.2. The predicted molar refractivity (Wildman–Crippen MR) is 76.3 cm³/mol. The lowest BCUT2D eigenvalue weighted by Crippen LogP contribution is -2.33. The number of benzene rings is 1. The molecule has 1 amide bonds. The minimum Gasteiger partial charge on any atom is -0.340 e.